The monoisotopic (exact) mass is 545 g/mol. The molecule has 1 aliphatic rings. The maximum Gasteiger partial charge on any atom is 0.458 e. The molecule has 0 bridgehead atoms. The molecule has 16 heteroatoms. The summed E-state index contributed by atoms with van der Waals surface area (Å²) in [5.41, 5.74) is -3.31. The van der Waals surface area contributed by atoms with Gasteiger partial charge in [0.15, 0.2) is 17.1 Å². The molecule has 5 rings (SSSR count). The van der Waals surface area contributed by atoms with Crippen LogP contribution in [-0.4, -0.2) is 45.8 Å². The van der Waals surface area contributed by atoms with Gasteiger partial charge < -0.3 is 9.09 Å². The molecule has 0 saturated heterocycles. The van der Waals surface area contributed by atoms with Crippen molar-refractivity contribution in [2.24, 2.45) is 7.05 Å². The highest BCUT2D eigenvalue weighted by Crippen LogP contribution is 2.49. The van der Waals surface area contributed by atoms with Gasteiger partial charge in [0, 0.05) is 30.8 Å². The van der Waals surface area contributed by atoms with Crippen molar-refractivity contribution in [2.45, 2.75) is 42.4 Å². The van der Waals surface area contributed by atoms with Crippen LogP contribution in [0.3, 0.4) is 0 Å². The number of hydrogen-bond acceptors (Lipinski definition) is 8. The maximum atomic E-state index is 14.3. The van der Waals surface area contributed by atoms with Crippen LogP contribution < -0.4 is 0 Å². The highest BCUT2D eigenvalue weighted by Gasteiger charge is 2.59. The number of pyridine rings is 2. The maximum absolute atomic E-state index is 14.3. The molecular weight excluding hydrogens is 528 g/mol. The molecule has 37 heavy (non-hydrogen) atoms. The summed E-state index contributed by atoms with van der Waals surface area (Å²) in [4.78, 5) is 16.0. The highest BCUT2D eigenvalue weighted by molar-refractivity contribution is 7.92. The van der Waals surface area contributed by atoms with E-state index in [2.05, 4.69) is 25.1 Å². The van der Waals surface area contributed by atoms with Crippen LogP contribution in [0.25, 0.3) is 34.1 Å². The van der Waals surface area contributed by atoms with Crippen molar-refractivity contribution in [3.63, 3.8) is 0 Å². The Morgan fingerprint density at radius 2 is 1.84 bits per heavy atom. The van der Waals surface area contributed by atoms with Gasteiger partial charge >= 0.3 is 12.1 Å². The Morgan fingerprint density at radius 1 is 1.14 bits per heavy atom. The third kappa shape index (κ3) is 4.02. The molecule has 4 heterocycles. The van der Waals surface area contributed by atoms with Gasteiger partial charge in [-0.2, -0.15) is 26.9 Å². The van der Waals surface area contributed by atoms with Crippen LogP contribution in [0.5, 0.6) is 0 Å². The van der Waals surface area contributed by atoms with Crippen molar-refractivity contribution in [3.8, 4) is 22.9 Å². The van der Waals surface area contributed by atoms with Crippen molar-refractivity contribution in [1.29, 1.82) is 4.78 Å². The average molecular weight is 545 g/mol. The number of nitrogens with one attached hydrogen (secondary N) is 1. The van der Waals surface area contributed by atoms with Gasteiger partial charge in [-0.25, -0.2) is 23.3 Å². The third-order valence-corrected chi connectivity index (χ3v) is 7.85. The summed E-state index contributed by atoms with van der Waals surface area (Å²) in [5, 5.41) is 3.74. The van der Waals surface area contributed by atoms with Gasteiger partial charge in [0.1, 0.15) is 11.2 Å². The first-order valence-electron chi connectivity index (χ1n) is 10.8. The molecule has 1 N–H and O–H groups in total. The van der Waals surface area contributed by atoms with Gasteiger partial charge in [0.25, 0.3) is 5.89 Å². The lowest BCUT2D eigenvalue weighted by Crippen LogP contribution is -2.33. The van der Waals surface area contributed by atoms with Gasteiger partial charge in [-0.1, -0.05) is 12.1 Å². The summed E-state index contributed by atoms with van der Waals surface area (Å²) >= 11 is 0. The lowest BCUT2D eigenvalue weighted by molar-refractivity contribution is -0.289. The number of halogens is 6. The Balaban J connectivity index is 1.64. The molecule has 4 aromatic heterocycles. The molecule has 0 spiro atoms. The summed E-state index contributed by atoms with van der Waals surface area (Å²) in [6, 6.07) is 1.88. The van der Waals surface area contributed by atoms with E-state index in [1.165, 1.54) is 30.8 Å². The van der Waals surface area contributed by atoms with Crippen LogP contribution >= 0.6 is 0 Å². The van der Waals surface area contributed by atoms with Gasteiger partial charge in [-0.15, -0.1) is 0 Å². The van der Waals surface area contributed by atoms with Crippen molar-refractivity contribution in [3.05, 3.63) is 36.0 Å². The third-order valence-electron chi connectivity index (χ3n) is 6.01. The average Bonchev–Trinajstić information content (AvgIpc) is 3.26. The number of aryl methyl sites for hydroxylation is 1. The number of fused-ring (bicyclic) bond motifs is 1. The van der Waals surface area contributed by atoms with E-state index in [1.54, 1.807) is 0 Å². The Labute approximate surface area is 204 Å². The molecule has 0 aliphatic heterocycles. The van der Waals surface area contributed by atoms with Gasteiger partial charge in [0.2, 0.25) is 5.82 Å². The molecular formula is C21H17F6N7O2S. The Bertz CT molecular complexity index is 1640. The topological polar surface area (TPSA) is 123 Å². The quantitative estimate of drug-likeness (QED) is 0.334. The molecule has 1 unspecified atom stereocenters. The van der Waals surface area contributed by atoms with Crippen LogP contribution in [0.4, 0.5) is 26.3 Å². The summed E-state index contributed by atoms with van der Waals surface area (Å²) in [7, 11) is -2.07. The smallest absolute Gasteiger partial charge is 0.335 e. The van der Waals surface area contributed by atoms with Crippen molar-refractivity contribution in [1.82, 2.24) is 29.7 Å². The molecule has 1 fully saturated rings. The van der Waals surface area contributed by atoms with Crippen LogP contribution in [0.15, 0.2) is 33.9 Å². The number of alkyl halides is 6. The zero-order valence-corrected chi connectivity index (χ0v) is 19.9. The predicted octanol–water partition coefficient (Wildman–Crippen LogP) is 5.12. The first-order chi connectivity index (χ1) is 17.2. The minimum atomic E-state index is -5.83. The lowest BCUT2D eigenvalue weighted by Gasteiger charge is -2.19. The van der Waals surface area contributed by atoms with E-state index in [9.17, 15) is 30.6 Å². The highest BCUT2D eigenvalue weighted by atomic mass is 32.2. The van der Waals surface area contributed by atoms with Crippen LogP contribution in [0.2, 0.25) is 0 Å². The second kappa shape index (κ2) is 7.97. The predicted molar refractivity (Wildman–Crippen MR) is 117 cm³/mol. The van der Waals surface area contributed by atoms with Crippen LogP contribution in [-0.2, 0) is 28.4 Å². The largest absolute Gasteiger partial charge is 0.458 e. The van der Waals surface area contributed by atoms with E-state index < -0.39 is 33.1 Å². The second-order valence-electron chi connectivity index (χ2n) is 8.56. The molecule has 0 radical (unpaired) electrons. The van der Waals surface area contributed by atoms with Crippen molar-refractivity contribution in [2.75, 3.05) is 5.75 Å². The zero-order valence-electron chi connectivity index (χ0n) is 19.1. The lowest BCUT2D eigenvalue weighted by atomic mass is 10.1. The number of aromatic nitrogens is 6. The van der Waals surface area contributed by atoms with Gasteiger partial charge in [-0.05, 0) is 25.0 Å². The van der Waals surface area contributed by atoms with Gasteiger partial charge in [0.05, 0.1) is 20.2 Å². The molecule has 1 saturated carbocycles. The minimum Gasteiger partial charge on any atom is -0.335 e. The Morgan fingerprint density at radius 3 is 2.46 bits per heavy atom. The normalized spacial score (nSPS) is 17.2. The van der Waals surface area contributed by atoms with Crippen LogP contribution in [0.1, 0.15) is 31.2 Å². The molecule has 9 nitrogen and oxygen atoms in total. The second-order valence-corrected chi connectivity index (χ2v) is 10.9. The summed E-state index contributed by atoms with van der Waals surface area (Å²) in [6.45, 7) is 1.50. The Hall–Kier alpha value is -3.56. The molecule has 1 atom stereocenters. The van der Waals surface area contributed by atoms with Crippen molar-refractivity contribution >= 4 is 20.9 Å². The number of hydrogen-bond donors (Lipinski definition) is 1. The Kier molecular flexibility index (Phi) is 5.41. The zero-order chi connectivity index (χ0) is 27.0. The molecule has 1 aliphatic carbocycles. The van der Waals surface area contributed by atoms with Gasteiger partial charge in [-0.3, -0.25) is 4.98 Å². The first-order valence-corrected chi connectivity index (χ1v) is 12.5. The van der Waals surface area contributed by atoms with Crippen LogP contribution in [0, 0.1) is 4.78 Å². The van der Waals surface area contributed by atoms with E-state index in [1.807, 2.05) is 0 Å². The molecule has 4 aromatic rings. The van der Waals surface area contributed by atoms with E-state index in [-0.39, 0.29) is 63.5 Å². The van der Waals surface area contributed by atoms with E-state index in [0.717, 1.165) is 0 Å². The van der Waals surface area contributed by atoms with Crippen molar-refractivity contribution < 1.29 is 35.1 Å². The van der Waals surface area contributed by atoms with E-state index in [0.29, 0.717) is 12.3 Å². The fraction of sp³-hybridized carbons (Fsp3) is 0.381. The van der Waals surface area contributed by atoms with E-state index >= 15 is 0 Å². The van der Waals surface area contributed by atoms with E-state index in [4.69, 9.17) is 9.30 Å². The molecule has 196 valence electrons. The summed E-state index contributed by atoms with van der Waals surface area (Å²) < 4.78 is 108. The molecule has 0 aromatic carbocycles. The number of rotatable bonds is 6. The fourth-order valence-corrected chi connectivity index (χ4v) is 4.70. The molecule has 0 amide bonds. The fourth-order valence-electron chi connectivity index (χ4n) is 3.61. The first kappa shape index (κ1) is 25.1. The minimum absolute atomic E-state index is 0.0398. The number of nitrogens with zero attached hydrogens (tertiary/aromatic N) is 6. The summed E-state index contributed by atoms with van der Waals surface area (Å²) in [6.07, 6.45) is -3.70. The standard InChI is InChI=1S/C21H17F6N7O2S/c1-3-37(28,35)13-6-10(15-32-18(36-33-15)19(22)4-5-19)8-29-14(13)17-31-12-7-11(9-30-16(12)34(17)2)20(23,24)21(25,26)27/h6-9,28H,3-5H2,1-2H3. The summed E-state index contributed by atoms with van der Waals surface area (Å²) in [5.74, 6) is -5.62. The SMILES string of the molecule is CCS(=N)(=O)c1cc(-c2noc(C3(F)CC3)n2)cnc1-c1nc2cc(C(F)(F)C(F)(F)F)cnc2n1C. The number of imidazole rings is 1.